The molecule has 0 saturated carbocycles. The average Bonchev–Trinajstić information content (AvgIpc) is 2.36. The molecule has 1 amide bonds. The summed E-state index contributed by atoms with van der Waals surface area (Å²) in [4.78, 5) is 11.4. The predicted molar refractivity (Wildman–Crippen MR) is 43.3 cm³/mol. The second-order valence-corrected chi connectivity index (χ2v) is 3.57. The van der Waals surface area contributed by atoms with E-state index in [2.05, 4.69) is 10.6 Å². The van der Waals surface area contributed by atoms with Crippen molar-refractivity contribution in [2.45, 2.75) is 19.3 Å². The van der Waals surface area contributed by atoms with Crippen LogP contribution in [0, 0.1) is 5.41 Å². The lowest BCUT2D eigenvalue weighted by atomic mass is 9.79. The van der Waals surface area contributed by atoms with Gasteiger partial charge in [-0.2, -0.15) is 0 Å². The molecule has 1 spiro atoms. The SMILES string of the molecule is O=C1NCCC12CCCNC2.[Cl-].[H+]. The quantitative estimate of drug-likeness (QED) is 0.428. The van der Waals surface area contributed by atoms with Gasteiger partial charge in [0, 0.05) is 13.1 Å². The molecule has 2 fully saturated rings. The standard InChI is InChI=1S/C8H14N2O.ClH/c11-7-8(3-5-10-7)2-1-4-9-6-8;/h9H,1-6H2,(H,10,11);1H. The summed E-state index contributed by atoms with van der Waals surface area (Å²) in [6.45, 7) is 2.84. The molecule has 12 heavy (non-hydrogen) atoms. The highest BCUT2D eigenvalue weighted by molar-refractivity contribution is 5.85. The van der Waals surface area contributed by atoms with Gasteiger partial charge in [0.05, 0.1) is 5.41 Å². The van der Waals surface area contributed by atoms with Crippen molar-refractivity contribution in [3.05, 3.63) is 0 Å². The Balaban J connectivity index is 0.000000720. The minimum atomic E-state index is -0.0295. The van der Waals surface area contributed by atoms with Gasteiger partial charge in [-0.15, -0.1) is 0 Å². The van der Waals surface area contributed by atoms with Gasteiger partial charge in [-0.3, -0.25) is 4.79 Å². The van der Waals surface area contributed by atoms with Gasteiger partial charge in [0.25, 0.3) is 0 Å². The minimum Gasteiger partial charge on any atom is -1.00 e. The third-order valence-electron chi connectivity index (χ3n) is 2.84. The molecule has 0 bridgehead atoms. The molecule has 2 aliphatic rings. The molecule has 0 aromatic carbocycles. The molecule has 0 aromatic rings. The number of carbonyl (C=O) groups excluding carboxylic acids is 1. The third-order valence-corrected chi connectivity index (χ3v) is 2.84. The van der Waals surface area contributed by atoms with E-state index < -0.39 is 0 Å². The monoisotopic (exact) mass is 190 g/mol. The van der Waals surface area contributed by atoms with Crippen molar-refractivity contribution in [2.75, 3.05) is 19.6 Å². The van der Waals surface area contributed by atoms with E-state index in [1.54, 1.807) is 0 Å². The normalized spacial score (nSPS) is 34.5. The van der Waals surface area contributed by atoms with E-state index in [1.807, 2.05) is 0 Å². The zero-order chi connectivity index (χ0) is 7.73. The van der Waals surface area contributed by atoms with Gasteiger partial charge in [-0.25, -0.2) is 0 Å². The van der Waals surface area contributed by atoms with Crippen molar-refractivity contribution >= 4 is 5.91 Å². The smallest absolute Gasteiger partial charge is 1.00 e. The lowest BCUT2D eigenvalue weighted by Crippen LogP contribution is -3.00. The highest BCUT2D eigenvalue weighted by Gasteiger charge is 2.42. The molecule has 0 aromatic heterocycles. The largest absolute Gasteiger partial charge is 1.00 e. The average molecular weight is 191 g/mol. The van der Waals surface area contributed by atoms with Crippen LogP contribution in [0.5, 0.6) is 0 Å². The number of hydrogen-bond donors (Lipinski definition) is 2. The van der Waals surface area contributed by atoms with E-state index in [0.29, 0.717) is 0 Å². The summed E-state index contributed by atoms with van der Waals surface area (Å²) in [5, 5.41) is 6.19. The van der Waals surface area contributed by atoms with Gasteiger partial charge < -0.3 is 23.0 Å². The number of piperidine rings is 1. The predicted octanol–water partition coefficient (Wildman–Crippen LogP) is -3.01. The van der Waals surface area contributed by atoms with E-state index in [-0.39, 0.29) is 25.2 Å². The van der Waals surface area contributed by atoms with E-state index in [1.165, 1.54) is 0 Å². The van der Waals surface area contributed by atoms with Crippen LogP contribution in [-0.2, 0) is 4.79 Å². The van der Waals surface area contributed by atoms with Crippen LogP contribution in [-0.4, -0.2) is 25.5 Å². The van der Waals surface area contributed by atoms with E-state index in [9.17, 15) is 4.79 Å². The summed E-state index contributed by atoms with van der Waals surface area (Å²) in [6, 6.07) is 0. The first-order chi connectivity index (χ1) is 5.33. The molecule has 2 N–H and O–H groups in total. The van der Waals surface area contributed by atoms with Crippen molar-refractivity contribution in [1.82, 2.24) is 10.6 Å². The Kier molecular flexibility index (Phi) is 2.96. The van der Waals surface area contributed by atoms with Crippen molar-refractivity contribution < 1.29 is 18.6 Å². The molecule has 1 unspecified atom stereocenters. The zero-order valence-electron chi connectivity index (χ0n) is 8.03. The van der Waals surface area contributed by atoms with Gasteiger partial charge in [-0.1, -0.05) is 0 Å². The lowest BCUT2D eigenvalue weighted by Gasteiger charge is -2.30. The number of halogens is 1. The second-order valence-electron chi connectivity index (χ2n) is 3.57. The molecular weight excluding hydrogens is 176 g/mol. The van der Waals surface area contributed by atoms with E-state index >= 15 is 0 Å². The van der Waals surface area contributed by atoms with Crippen LogP contribution in [0.4, 0.5) is 0 Å². The van der Waals surface area contributed by atoms with E-state index in [4.69, 9.17) is 0 Å². The Morgan fingerprint density at radius 3 is 2.67 bits per heavy atom. The van der Waals surface area contributed by atoms with Crippen LogP contribution >= 0.6 is 0 Å². The Morgan fingerprint density at radius 2 is 2.17 bits per heavy atom. The summed E-state index contributed by atoms with van der Waals surface area (Å²) in [7, 11) is 0. The molecule has 70 valence electrons. The van der Waals surface area contributed by atoms with Crippen molar-refractivity contribution in [3.8, 4) is 0 Å². The molecule has 2 heterocycles. The molecule has 0 aliphatic carbocycles. The van der Waals surface area contributed by atoms with Gasteiger partial charge in [0.1, 0.15) is 0 Å². The van der Waals surface area contributed by atoms with Crippen LogP contribution < -0.4 is 23.0 Å². The van der Waals surface area contributed by atoms with E-state index in [0.717, 1.165) is 38.9 Å². The lowest BCUT2D eigenvalue weighted by molar-refractivity contribution is -0.128. The minimum absolute atomic E-state index is 0. The maximum absolute atomic E-state index is 11.4. The topological polar surface area (TPSA) is 41.1 Å². The fraction of sp³-hybridized carbons (Fsp3) is 0.875. The van der Waals surface area contributed by atoms with Gasteiger partial charge in [0.15, 0.2) is 0 Å². The highest BCUT2D eigenvalue weighted by Crippen LogP contribution is 2.33. The molecule has 0 radical (unpaired) electrons. The Labute approximate surface area is 80.2 Å². The van der Waals surface area contributed by atoms with Crippen molar-refractivity contribution in [1.29, 1.82) is 0 Å². The molecule has 2 saturated heterocycles. The van der Waals surface area contributed by atoms with Gasteiger partial charge in [0.2, 0.25) is 5.91 Å². The molecule has 2 rings (SSSR count). The van der Waals surface area contributed by atoms with Crippen LogP contribution in [0.15, 0.2) is 0 Å². The summed E-state index contributed by atoms with van der Waals surface area (Å²) in [6.07, 6.45) is 3.25. The Bertz CT molecular complexity index is 183. The zero-order valence-corrected chi connectivity index (χ0v) is 7.78. The maximum Gasteiger partial charge on any atom is 1.00 e. The maximum atomic E-state index is 11.4. The number of rotatable bonds is 0. The van der Waals surface area contributed by atoms with Crippen LogP contribution in [0.1, 0.15) is 20.7 Å². The number of carbonyl (C=O) groups is 1. The fourth-order valence-corrected chi connectivity index (χ4v) is 2.09. The van der Waals surface area contributed by atoms with Gasteiger partial charge >= 0.3 is 1.43 Å². The van der Waals surface area contributed by atoms with Crippen LogP contribution in [0.25, 0.3) is 0 Å². The van der Waals surface area contributed by atoms with Crippen LogP contribution in [0.3, 0.4) is 0 Å². The summed E-state index contributed by atoms with van der Waals surface area (Å²) < 4.78 is 0. The fourth-order valence-electron chi connectivity index (χ4n) is 2.09. The Morgan fingerprint density at radius 1 is 1.33 bits per heavy atom. The van der Waals surface area contributed by atoms with Gasteiger partial charge in [-0.05, 0) is 25.8 Å². The number of amides is 1. The first-order valence-corrected chi connectivity index (χ1v) is 4.33. The molecule has 3 nitrogen and oxygen atoms in total. The summed E-state index contributed by atoms with van der Waals surface area (Å²) in [5.74, 6) is 0.268. The number of nitrogens with one attached hydrogen (secondary N) is 2. The van der Waals surface area contributed by atoms with Crippen LogP contribution in [0.2, 0.25) is 0 Å². The highest BCUT2D eigenvalue weighted by atomic mass is 35.5. The molecule has 2 aliphatic heterocycles. The molecule has 1 atom stereocenters. The number of hydrogen-bond acceptors (Lipinski definition) is 2. The van der Waals surface area contributed by atoms with Crippen molar-refractivity contribution in [3.63, 3.8) is 0 Å². The first kappa shape index (κ1) is 9.81. The summed E-state index contributed by atoms with van der Waals surface area (Å²) in [5.41, 5.74) is -0.0295. The summed E-state index contributed by atoms with van der Waals surface area (Å²) >= 11 is 0. The third kappa shape index (κ3) is 1.43. The first-order valence-electron chi connectivity index (χ1n) is 4.33. The second kappa shape index (κ2) is 3.62. The Hall–Kier alpha value is -0.280. The molecular formula is C8H15ClN2O. The van der Waals surface area contributed by atoms with Crippen molar-refractivity contribution in [2.24, 2.45) is 5.41 Å². The molecule has 4 heteroatoms.